The quantitative estimate of drug-likeness (QED) is 0.147. The van der Waals surface area contributed by atoms with Gasteiger partial charge in [0.15, 0.2) is 11.2 Å². The summed E-state index contributed by atoms with van der Waals surface area (Å²) < 4.78 is 10.9. The van der Waals surface area contributed by atoms with Gasteiger partial charge in [-0.05, 0) is 57.7 Å². The van der Waals surface area contributed by atoms with Crippen molar-refractivity contribution in [1.82, 2.24) is 15.2 Å². The van der Waals surface area contributed by atoms with E-state index in [2.05, 4.69) is 15.6 Å². The molecule has 0 radical (unpaired) electrons. The van der Waals surface area contributed by atoms with Gasteiger partial charge in [-0.3, -0.25) is 10.1 Å². The highest BCUT2D eigenvalue weighted by molar-refractivity contribution is 7.15. The SMILES string of the molecule is C/C=C\C(=C/C)C(NC(=O)N1C(=O)C(Cc2cnc(NC(=O)OC(C)(C)C)s2)[C@H]1C(=O)OCc1ccccc1)c1ccccc1. The Morgan fingerprint density at radius 1 is 1.04 bits per heavy atom. The fourth-order valence-electron chi connectivity index (χ4n) is 4.87. The standard InChI is InChI=1S/C34H38N4O6S/c1-6-14-23(7-2)27(24-17-12-9-13-18-24)36-32(41)38-28(30(40)43-21-22-15-10-8-11-16-22)26(29(38)39)19-25-20-35-31(45-25)37-33(42)44-34(3,4)5/h6-18,20,26-28H,19,21H2,1-5H3,(H,36,41)(H,35,37,42)/b14-6-,23-7+/t26?,27?,28-/m0/s1. The lowest BCUT2D eigenvalue weighted by Gasteiger charge is -2.44. The number of carbonyl (C=O) groups is 4. The second kappa shape index (κ2) is 14.8. The maximum atomic E-state index is 13.7. The molecule has 4 rings (SSSR count). The number of urea groups is 1. The Labute approximate surface area is 267 Å². The van der Waals surface area contributed by atoms with Crippen LogP contribution in [-0.2, 0) is 32.1 Å². The van der Waals surface area contributed by atoms with Crippen LogP contribution >= 0.6 is 11.3 Å². The van der Waals surface area contributed by atoms with Crippen LogP contribution in [0.1, 0.15) is 56.7 Å². The Balaban J connectivity index is 1.55. The predicted octanol–water partition coefficient (Wildman–Crippen LogP) is 6.58. The van der Waals surface area contributed by atoms with Gasteiger partial charge in [-0.2, -0.15) is 0 Å². The summed E-state index contributed by atoms with van der Waals surface area (Å²) in [5.41, 5.74) is 1.73. The van der Waals surface area contributed by atoms with E-state index in [1.165, 1.54) is 6.20 Å². The van der Waals surface area contributed by atoms with Crippen molar-refractivity contribution in [3.63, 3.8) is 0 Å². The zero-order valence-electron chi connectivity index (χ0n) is 26.0. The summed E-state index contributed by atoms with van der Waals surface area (Å²) in [6.07, 6.45) is 6.64. The second-order valence-corrected chi connectivity index (χ2v) is 12.5. The topological polar surface area (TPSA) is 127 Å². The van der Waals surface area contributed by atoms with Gasteiger partial charge in [-0.25, -0.2) is 24.3 Å². The minimum atomic E-state index is -1.15. The number of hydrogen-bond donors (Lipinski definition) is 2. The number of esters is 1. The summed E-state index contributed by atoms with van der Waals surface area (Å²) in [5, 5.41) is 5.83. The van der Waals surface area contributed by atoms with Crippen molar-refractivity contribution in [2.75, 3.05) is 5.32 Å². The normalized spacial score (nSPS) is 17.4. The Morgan fingerprint density at radius 2 is 1.71 bits per heavy atom. The van der Waals surface area contributed by atoms with Crippen LogP contribution in [0.15, 0.2) is 90.7 Å². The third-order valence-corrected chi connectivity index (χ3v) is 7.84. The number of nitrogens with one attached hydrogen (secondary N) is 2. The van der Waals surface area contributed by atoms with Crippen molar-refractivity contribution in [2.45, 2.75) is 65.3 Å². The van der Waals surface area contributed by atoms with Crippen LogP contribution in [0.25, 0.3) is 0 Å². The first-order valence-corrected chi connectivity index (χ1v) is 15.4. The number of β-lactam (4-membered cyclic amide) rings is 1. The number of rotatable bonds is 10. The highest BCUT2D eigenvalue weighted by Gasteiger charge is 2.55. The Morgan fingerprint density at radius 3 is 2.33 bits per heavy atom. The van der Waals surface area contributed by atoms with Crippen molar-refractivity contribution in [3.05, 3.63) is 107 Å². The maximum absolute atomic E-state index is 13.7. The molecule has 1 saturated heterocycles. The van der Waals surface area contributed by atoms with E-state index in [-0.39, 0.29) is 18.2 Å². The van der Waals surface area contributed by atoms with Crippen LogP contribution in [0.4, 0.5) is 14.7 Å². The van der Waals surface area contributed by atoms with E-state index in [1.807, 2.05) is 92.7 Å². The molecule has 45 heavy (non-hydrogen) atoms. The molecule has 1 aromatic heterocycles. The summed E-state index contributed by atoms with van der Waals surface area (Å²) >= 11 is 1.16. The summed E-state index contributed by atoms with van der Waals surface area (Å²) in [6, 6.07) is 16.1. The van der Waals surface area contributed by atoms with Crippen LogP contribution in [0.5, 0.6) is 0 Å². The zero-order valence-corrected chi connectivity index (χ0v) is 26.8. The molecule has 10 nitrogen and oxygen atoms in total. The number of carbonyl (C=O) groups excluding carboxylic acids is 4. The molecule has 2 unspecified atom stereocenters. The first kappa shape index (κ1) is 33.1. The molecule has 2 heterocycles. The number of amides is 4. The fraction of sp³-hybridized carbons (Fsp3) is 0.324. The van der Waals surface area contributed by atoms with Crippen molar-refractivity contribution in [3.8, 4) is 0 Å². The third-order valence-electron chi connectivity index (χ3n) is 6.91. The van der Waals surface area contributed by atoms with Crippen molar-refractivity contribution < 1.29 is 28.7 Å². The number of anilines is 1. The third kappa shape index (κ3) is 8.66. The van der Waals surface area contributed by atoms with Gasteiger partial charge in [0.25, 0.3) is 0 Å². The summed E-state index contributed by atoms with van der Waals surface area (Å²) in [6.45, 7) is 9.00. The molecule has 3 atom stereocenters. The number of hydrogen-bond acceptors (Lipinski definition) is 8. The molecular weight excluding hydrogens is 592 g/mol. The molecule has 0 spiro atoms. The van der Waals surface area contributed by atoms with Crippen molar-refractivity contribution >= 4 is 40.5 Å². The van der Waals surface area contributed by atoms with E-state index >= 15 is 0 Å². The Bertz CT molecular complexity index is 1560. The zero-order chi connectivity index (χ0) is 32.6. The number of nitrogens with zero attached hydrogens (tertiary/aromatic N) is 2. The van der Waals surface area contributed by atoms with Gasteiger partial charge < -0.3 is 14.8 Å². The lowest BCUT2D eigenvalue weighted by atomic mass is 9.84. The van der Waals surface area contributed by atoms with Gasteiger partial charge in [0.1, 0.15) is 12.2 Å². The summed E-state index contributed by atoms with van der Waals surface area (Å²) in [5.74, 6) is -2.06. The molecule has 236 valence electrons. The number of benzene rings is 2. The maximum Gasteiger partial charge on any atom is 0.413 e. The molecule has 0 saturated carbocycles. The predicted molar refractivity (Wildman–Crippen MR) is 172 cm³/mol. The molecule has 2 N–H and O–H groups in total. The highest BCUT2D eigenvalue weighted by atomic mass is 32.1. The minimum Gasteiger partial charge on any atom is -0.459 e. The Kier molecular flexibility index (Phi) is 10.9. The molecule has 0 aliphatic carbocycles. The fourth-order valence-corrected chi connectivity index (χ4v) is 5.73. The number of aromatic nitrogens is 1. The Hall–Kier alpha value is -4.77. The molecule has 3 aromatic rings. The largest absolute Gasteiger partial charge is 0.459 e. The van der Waals surface area contributed by atoms with Gasteiger partial charge in [-0.15, -0.1) is 11.3 Å². The van der Waals surface area contributed by atoms with E-state index < -0.39 is 47.6 Å². The summed E-state index contributed by atoms with van der Waals surface area (Å²) in [7, 11) is 0. The van der Waals surface area contributed by atoms with Gasteiger partial charge in [0, 0.05) is 11.1 Å². The summed E-state index contributed by atoms with van der Waals surface area (Å²) in [4.78, 5) is 58.8. The van der Waals surface area contributed by atoms with Crippen LogP contribution in [0, 0.1) is 5.92 Å². The lowest BCUT2D eigenvalue weighted by molar-refractivity contribution is -0.170. The molecular formula is C34H38N4O6S. The van der Waals surface area contributed by atoms with Gasteiger partial charge in [0.05, 0.1) is 12.0 Å². The molecule has 1 aliphatic rings. The van der Waals surface area contributed by atoms with E-state index in [1.54, 1.807) is 20.8 Å². The van der Waals surface area contributed by atoms with Gasteiger partial charge in [0.2, 0.25) is 5.91 Å². The minimum absolute atomic E-state index is 0.00624. The number of likely N-dealkylation sites (tertiary alicyclic amines) is 1. The molecule has 2 aromatic carbocycles. The molecule has 0 bridgehead atoms. The van der Waals surface area contributed by atoms with Crippen LogP contribution in [0.3, 0.4) is 0 Å². The van der Waals surface area contributed by atoms with Crippen LogP contribution in [-0.4, -0.2) is 45.5 Å². The van der Waals surface area contributed by atoms with E-state index in [4.69, 9.17) is 9.47 Å². The monoisotopic (exact) mass is 630 g/mol. The first-order chi connectivity index (χ1) is 21.5. The number of allylic oxidation sites excluding steroid dienone is 2. The molecule has 1 fully saturated rings. The molecule has 4 amide bonds. The number of thiazole rings is 1. The van der Waals surface area contributed by atoms with Crippen LogP contribution in [0.2, 0.25) is 0 Å². The molecule has 1 aliphatic heterocycles. The second-order valence-electron chi connectivity index (χ2n) is 11.4. The van der Waals surface area contributed by atoms with E-state index in [0.29, 0.717) is 4.88 Å². The number of ether oxygens (including phenoxy) is 2. The van der Waals surface area contributed by atoms with Gasteiger partial charge in [-0.1, -0.05) is 78.9 Å². The number of imide groups is 1. The van der Waals surface area contributed by atoms with Gasteiger partial charge >= 0.3 is 18.1 Å². The lowest BCUT2D eigenvalue weighted by Crippen LogP contribution is -2.69. The van der Waals surface area contributed by atoms with E-state index in [9.17, 15) is 19.2 Å². The average molecular weight is 631 g/mol. The van der Waals surface area contributed by atoms with Crippen molar-refractivity contribution in [2.24, 2.45) is 5.92 Å². The van der Waals surface area contributed by atoms with Crippen molar-refractivity contribution in [1.29, 1.82) is 0 Å². The van der Waals surface area contributed by atoms with E-state index in [0.717, 1.165) is 32.9 Å². The average Bonchev–Trinajstić information content (AvgIpc) is 3.45. The molecule has 11 heteroatoms. The van der Waals surface area contributed by atoms with Crippen LogP contribution < -0.4 is 10.6 Å². The smallest absolute Gasteiger partial charge is 0.413 e. The highest BCUT2D eigenvalue weighted by Crippen LogP contribution is 2.35. The first-order valence-electron chi connectivity index (χ1n) is 14.6.